The molecule has 5 rings (SSSR count). The Balaban J connectivity index is 1.50. The highest BCUT2D eigenvalue weighted by Crippen LogP contribution is 2.30. The molecule has 4 aromatic rings. The zero-order chi connectivity index (χ0) is 20.0. The van der Waals surface area contributed by atoms with Crippen LogP contribution in [0.15, 0.2) is 35.3 Å². The number of amides is 1. The maximum Gasteiger partial charge on any atom is 0.299 e. The van der Waals surface area contributed by atoms with E-state index in [1.165, 1.54) is 10.7 Å². The second-order valence-electron chi connectivity index (χ2n) is 6.12. The van der Waals surface area contributed by atoms with Crippen molar-refractivity contribution in [3.8, 4) is 11.5 Å². The van der Waals surface area contributed by atoms with E-state index in [9.17, 15) is 14.7 Å². The number of aromatic nitrogens is 6. The van der Waals surface area contributed by atoms with E-state index < -0.39 is 11.5 Å². The fourth-order valence-corrected chi connectivity index (χ4v) is 2.96. The molecule has 0 atom stereocenters. The Labute approximate surface area is 161 Å². The van der Waals surface area contributed by atoms with E-state index >= 15 is 0 Å². The Morgan fingerprint density at radius 1 is 1.17 bits per heavy atom. The minimum absolute atomic E-state index is 0.0168. The summed E-state index contributed by atoms with van der Waals surface area (Å²) < 4.78 is 13.2. The van der Waals surface area contributed by atoms with Gasteiger partial charge in [-0.05, 0) is 24.3 Å². The molecule has 0 saturated heterocycles. The molecule has 0 fully saturated rings. The van der Waals surface area contributed by atoms with Crippen molar-refractivity contribution in [2.75, 3.05) is 18.6 Å². The monoisotopic (exact) mass is 395 g/mol. The fourth-order valence-electron chi connectivity index (χ4n) is 2.96. The number of aliphatic hydroxyl groups is 1. The number of fused-ring (bicyclic) bond motifs is 4. The summed E-state index contributed by atoms with van der Waals surface area (Å²) in [4.78, 5) is 29.3. The molecule has 4 heterocycles. The number of aliphatic hydroxyl groups excluding tert-OH is 1. The molecule has 0 radical (unpaired) electrons. The lowest BCUT2D eigenvalue weighted by molar-refractivity contribution is 0.101. The first kappa shape index (κ1) is 17.1. The van der Waals surface area contributed by atoms with Gasteiger partial charge in [-0.25, -0.2) is 4.68 Å². The highest BCUT2D eigenvalue weighted by atomic mass is 16.6. The maximum absolute atomic E-state index is 12.7. The molecule has 0 spiro atoms. The van der Waals surface area contributed by atoms with Crippen LogP contribution in [0.3, 0.4) is 0 Å². The van der Waals surface area contributed by atoms with Crippen LogP contribution in [0.1, 0.15) is 16.2 Å². The number of nitrogens with zero attached hydrogens (tertiary/aromatic N) is 6. The van der Waals surface area contributed by atoms with Crippen LogP contribution < -0.4 is 20.5 Å². The molecular formula is C17H13N7O5. The van der Waals surface area contributed by atoms with Crippen LogP contribution in [-0.2, 0) is 6.61 Å². The molecule has 0 bridgehead atoms. The van der Waals surface area contributed by atoms with Crippen molar-refractivity contribution in [1.29, 1.82) is 0 Å². The molecule has 1 amide bonds. The Morgan fingerprint density at radius 3 is 2.83 bits per heavy atom. The summed E-state index contributed by atoms with van der Waals surface area (Å²) in [6, 6.07) is 6.30. The van der Waals surface area contributed by atoms with Gasteiger partial charge in [-0.1, -0.05) is 0 Å². The first-order valence-electron chi connectivity index (χ1n) is 8.59. The Hall–Kier alpha value is -4.06. The average Bonchev–Trinajstić information content (AvgIpc) is 3.19. The van der Waals surface area contributed by atoms with Gasteiger partial charge in [0.2, 0.25) is 0 Å². The van der Waals surface area contributed by atoms with Crippen LogP contribution in [0, 0.1) is 0 Å². The van der Waals surface area contributed by atoms with Crippen LogP contribution in [-0.4, -0.2) is 53.7 Å². The Kier molecular flexibility index (Phi) is 3.84. The van der Waals surface area contributed by atoms with Crippen molar-refractivity contribution in [3.05, 3.63) is 52.2 Å². The largest absolute Gasteiger partial charge is 0.486 e. The first-order chi connectivity index (χ1) is 14.1. The lowest BCUT2D eigenvalue weighted by atomic mass is 10.2. The number of nitrogens with one attached hydrogen (secondary N) is 1. The SMILES string of the molecule is O=C(Nn1ccc2c(nnc3nc(CO)nn32)c1=O)c1ccc2c(c1)OCCO2. The zero-order valence-corrected chi connectivity index (χ0v) is 14.8. The van der Waals surface area contributed by atoms with Gasteiger partial charge < -0.3 is 14.6 Å². The number of ether oxygens (including phenoxy) is 2. The minimum Gasteiger partial charge on any atom is -0.486 e. The van der Waals surface area contributed by atoms with Crippen LogP contribution >= 0.6 is 0 Å². The van der Waals surface area contributed by atoms with Gasteiger partial charge in [0.05, 0.1) is 0 Å². The van der Waals surface area contributed by atoms with Gasteiger partial charge in [-0.3, -0.25) is 15.0 Å². The number of rotatable bonds is 3. The van der Waals surface area contributed by atoms with Crippen molar-refractivity contribution < 1.29 is 19.4 Å². The topological polar surface area (TPSA) is 146 Å². The second-order valence-corrected chi connectivity index (χ2v) is 6.12. The molecule has 12 heteroatoms. The van der Waals surface area contributed by atoms with Crippen molar-refractivity contribution in [3.63, 3.8) is 0 Å². The Morgan fingerprint density at radius 2 is 2.00 bits per heavy atom. The van der Waals surface area contributed by atoms with Crippen molar-refractivity contribution >= 4 is 22.7 Å². The second kappa shape index (κ2) is 6.53. The third-order valence-electron chi connectivity index (χ3n) is 4.31. The molecule has 146 valence electrons. The van der Waals surface area contributed by atoms with Gasteiger partial charge in [-0.15, -0.1) is 15.3 Å². The van der Waals surface area contributed by atoms with E-state index in [4.69, 9.17) is 9.47 Å². The molecular weight excluding hydrogens is 382 g/mol. The standard InChI is InChI=1S/C17H13N7O5/c25-8-13-18-17-20-19-14-10(24(17)21-13)3-4-23(16(14)27)22-15(26)9-1-2-11-12(7-9)29-6-5-28-11/h1-4,7,25H,5-6,8H2,(H,22,26). The molecule has 12 nitrogen and oxygen atoms in total. The highest BCUT2D eigenvalue weighted by molar-refractivity contribution is 6.00. The van der Waals surface area contributed by atoms with E-state index in [1.54, 1.807) is 24.3 Å². The summed E-state index contributed by atoms with van der Waals surface area (Å²) >= 11 is 0. The van der Waals surface area contributed by atoms with Gasteiger partial charge in [-0.2, -0.15) is 9.50 Å². The van der Waals surface area contributed by atoms with E-state index in [0.717, 1.165) is 4.68 Å². The molecule has 0 unspecified atom stereocenters. The van der Waals surface area contributed by atoms with E-state index in [0.29, 0.717) is 35.8 Å². The maximum atomic E-state index is 12.7. The van der Waals surface area contributed by atoms with Crippen molar-refractivity contribution in [1.82, 2.24) is 29.5 Å². The molecule has 0 aliphatic carbocycles. The predicted molar refractivity (Wildman–Crippen MR) is 97.4 cm³/mol. The third kappa shape index (κ3) is 2.82. The molecule has 1 aliphatic rings. The number of carbonyl (C=O) groups excluding carboxylic acids is 1. The van der Waals surface area contributed by atoms with Gasteiger partial charge in [0.25, 0.3) is 17.2 Å². The smallest absolute Gasteiger partial charge is 0.299 e. The van der Waals surface area contributed by atoms with Crippen LogP contribution in [0.4, 0.5) is 0 Å². The van der Waals surface area contributed by atoms with Gasteiger partial charge >= 0.3 is 0 Å². The summed E-state index contributed by atoms with van der Waals surface area (Å²) in [7, 11) is 0. The van der Waals surface area contributed by atoms with E-state index in [2.05, 4.69) is 25.7 Å². The molecule has 2 N–H and O–H groups in total. The minimum atomic E-state index is -0.594. The molecule has 3 aromatic heterocycles. The molecule has 1 aromatic carbocycles. The summed E-state index contributed by atoms with van der Waals surface area (Å²) in [6.45, 7) is 0.480. The third-order valence-corrected chi connectivity index (χ3v) is 4.31. The number of benzene rings is 1. The summed E-state index contributed by atoms with van der Waals surface area (Å²) in [5, 5.41) is 21.0. The van der Waals surface area contributed by atoms with Crippen LogP contribution in [0.5, 0.6) is 11.5 Å². The molecule has 0 saturated carbocycles. The predicted octanol–water partition coefficient (Wildman–Crippen LogP) is -0.518. The van der Waals surface area contributed by atoms with Crippen molar-refractivity contribution in [2.45, 2.75) is 6.61 Å². The van der Waals surface area contributed by atoms with Gasteiger partial charge in [0, 0.05) is 11.8 Å². The molecule has 29 heavy (non-hydrogen) atoms. The lowest BCUT2D eigenvalue weighted by Gasteiger charge is -2.18. The van der Waals surface area contributed by atoms with Crippen LogP contribution in [0.2, 0.25) is 0 Å². The summed E-state index contributed by atoms with van der Waals surface area (Å²) in [6.07, 6.45) is 1.38. The van der Waals surface area contributed by atoms with E-state index in [-0.39, 0.29) is 23.7 Å². The number of pyridine rings is 1. The quantitative estimate of drug-likeness (QED) is 0.468. The number of carbonyl (C=O) groups is 1. The van der Waals surface area contributed by atoms with Gasteiger partial charge in [0.1, 0.15) is 25.3 Å². The van der Waals surface area contributed by atoms with E-state index in [1.807, 2.05) is 0 Å². The average molecular weight is 395 g/mol. The van der Waals surface area contributed by atoms with Crippen LogP contribution in [0.25, 0.3) is 16.8 Å². The summed E-state index contributed by atoms with van der Waals surface area (Å²) in [5.41, 5.74) is 2.54. The van der Waals surface area contributed by atoms with Gasteiger partial charge in [0.15, 0.2) is 22.8 Å². The first-order valence-corrected chi connectivity index (χ1v) is 8.59. The fraction of sp³-hybridized carbons (Fsp3) is 0.176. The molecule has 1 aliphatic heterocycles. The zero-order valence-electron chi connectivity index (χ0n) is 14.8. The Bertz CT molecular complexity index is 1330. The highest BCUT2D eigenvalue weighted by Gasteiger charge is 2.17. The number of hydrogen-bond acceptors (Lipinski definition) is 9. The van der Waals surface area contributed by atoms with Crippen molar-refractivity contribution in [2.24, 2.45) is 0 Å². The summed E-state index contributed by atoms with van der Waals surface area (Å²) in [5.74, 6) is 0.821. The normalized spacial score (nSPS) is 13.0. The number of hydrogen-bond donors (Lipinski definition) is 2. The lowest BCUT2D eigenvalue weighted by Crippen LogP contribution is -2.33.